The summed E-state index contributed by atoms with van der Waals surface area (Å²) in [7, 11) is 0. The van der Waals surface area contributed by atoms with E-state index in [1.54, 1.807) is 24.4 Å². The molecule has 3 N–H and O–H groups in total. The molecule has 0 spiro atoms. The summed E-state index contributed by atoms with van der Waals surface area (Å²) < 4.78 is 52.6. The van der Waals surface area contributed by atoms with E-state index in [1.807, 2.05) is 26.0 Å². The Morgan fingerprint density at radius 1 is 1.07 bits per heavy atom. The van der Waals surface area contributed by atoms with Crippen LogP contribution in [0, 0.1) is 5.82 Å². The molecule has 41 heavy (non-hydrogen) atoms. The van der Waals surface area contributed by atoms with Gasteiger partial charge >= 0.3 is 6.18 Å². The summed E-state index contributed by atoms with van der Waals surface area (Å²) in [5.74, 6) is -0.287. The molecule has 0 unspecified atom stereocenters. The Labute approximate surface area is 233 Å². The van der Waals surface area contributed by atoms with Gasteiger partial charge in [-0.25, -0.2) is 24.3 Å². The van der Waals surface area contributed by atoms with E-state index in [4.69, 9.17) is 0 Å². The first-order valence-corrected chi connectivity index (χ1v) is 13.1. The molecule has 1 aromatic carbocycles. The highest BCUT2D eigenvalue weighted by atomic mass is 19.4. The first-order valence-electron chi connectivity index (χ1n) is 13.1. The number of halogens is 4. The van der Waals surface area contributed by atoms with E-state index in [1.165, 1.54) is 11.2 Å². The highest BCUT2D eigenvalue weighted by Gasteiger charge is 2.34. The number of carbonyl (C=O) groups excluding carboxylic acids is 1. The summed E-state index contributed by atoms with van der Waals surface area (Å²) in [5.41, 5.74) is 3.03. The van der Waals surface area contributed by atoms with Gasteiger partial charge in [-0.15, -0.1) is 0 Å². The Bertz CT molecular complexity index is 1530. The number of aromatic amines is 1. The van der Waals surface area contributed by atoms with Gasteiger partial charge in [-0.1, -0.05) is 6.07 Å². The zero-order valence-electron chi connectivity index (χ0n) is 22.5. The lowest BCUT2D eigenvalue weighted by molar-refractivity contribution is -0.162. The molecule has 0 atom stereocenters. The number of H-pyrrole nitrogens is 1. The quantitative estimate of drug-likeness (QED) is 0.261. The maximum atomic E-state index is 15.0. The van der Waals surface area contributed by atoms with Crippen molar-refractivity contribution < 1.29 is 22.4 Å². The van der Waals surface area contributed by atoms with Crippen molar-refractivity contribution in [2.45, 2.75) is 39.0 Å². The molecule has 0 aliphatic carbocycles. The summed E-state index contributed by atoms with van der Waals surface area (Å²) in [6.45, 7) is 5.80. The van der Waals surface area contributed by atoms with Crippen molar-refractivity contribution >= 4 is 34.5 Å². The van der Waals surface area contributed by atoms with Crippen LogP contribution < -0.4 is 10.6 Å². The lowest BCUT2D eigenvalue weighted by Gasteiger charge is -2.35. The summed E-state index contributed by atoms with van der Waals surface area (Å²) in [5, 5.41) is 6.13. The minimum absolute atomic E-state index is 0.00982. The Morgan fingerprint density at radius 3 is 2.59 bits per heavy atom. The number of benzene rings is 1. The maximum Gasteiger partial charge on any atom is 0.397 e. The smallest absolute Gasteiger partial charge is 0.365 e. The standard InChI is InChI=1S/C27H29F4N9O/c1-16(2)35-25-23(28)24(33-15-34-25)18-3-4-19-20(12-18)37-26(36-19)38-21-11-17(5-6-32-21)14-39-7-9-40(10-8-39)22(41)13-27(29,30)31/h3-6,11-12,15-16H,7-10,13-14H2,1-2H3,(H,33,34,35)(H2,32,36,37,38). The molecular formula is C27H29F4N9O. The van der Waals surface area contributed by atoms with Gasteiger partial charge in [0.25, 0.3) is 0 Å². The fourth-order valence-corrected chi connectivity index (χ4v) is 4.62. The van der Waals surface area contributed by atoms with Crippen molar-refractivity contribution in [1.29, 1.82) is 0 Å². The van der Waals surface area contributed by atoms with Gasteiger partial charge in [-0.3, -0.25) is 9.69 Å². The lowest BCUT2D eigenvalue weighted by Crippen LogP contribution is -2.49. The molecule has 1 saturated heterocycles. The highest BCUT2D eigenvalue weighted by molar-refractivity contribution is 5.83. The lowest BCUT2D eigenvalue weighted by atomic mass is 10.1. The van der Waals surface area contributed by atoms with Crippen LogP contribution in [0.25, 0.3) is 22.3 Å². The van der Waals surface area contributed by atoms with Gasteiger partial charge in [0.15, 0.2) is 11.6 Å². The predicted octanol–water partition coefficient (Wildman–Crippen LogP) is 4.71. The Morgan fingerprint density at radius 2 is 1.85 bits per heavy atom. The summed E-state index contributed by atoms with van der Waals surface area (Å²) >= 11 is 0. The summed E-state index contributed by atoms with van der Waals surface area (Å²) in [6.07, 6.45) is -2.95. The van der Waals surface area contributed by atoms with Gasteiger partial charge in [-0.2, -0.15) is 13.2 Å². The fraction of sp³-hybridized carbons (Fsp3) is 0.370. The predicted molar refractivity (Wildman–Crippen MR) is 146 cm³/mol. The number of nitrogens with zero attached hydrogens (tertiary/aromatic N) is 6. The number of pyridine rings is 1. The molecule has 4 aromatic rings. The monoisotopic (exact) mass is 571 g/mol. The number of fused-ring (bicyclic) bond motifs is 1. The van der Waals surface area contributed by atoms with Crippen LogP contribution in [0.5, 0.6) is 0 Å². The average Bonchev–Trinajstić information content (AvgIpc) is 3.31. The number of carbonyl (C=O) groups is 1. The van der Waals surface area contributed by atoms with Crippen LogP contribution in [0.15, 0.2) is 42.9 Å². The largest absolute Gasteiger partial charge is 0.397 e. The molecule has 10 nitrogen and oxygen atoms in total. The molecule has 0 bridgehead atoms. The third-order valence-corrected chi connectivity index (χ3v) is 6.52. The number of hydrogen-bond acceptors (Lipinski definition) is 8. The van der Waals surface area contributed by atoms with Crippen LogP contribution in [0.1, 0.15) is 25.8 Å². The number of nitrogens with one attached hydrogen (secondary N) is 3. The van der Waals surface area contributed by atoms with E-state index >= 15 is 4.39 Å². The normalized spacial score (nSPS) is 14.6. The van der Waals surface area contributed by atoms with E-state index < -0.39 is 24.3 Å². The first-order chi connectivity index (χ1) is 19.5. The van der Waals surface area contributed by atoms with E-state index in [2.05, 4.69) is 40.5 Å². The van der Waals surface area contributed by atoms with E-state index in [9.17, 15) is 18.0 Å². The third-order valence-electron chi connectivity index (χ3n) is 6.52. The third kappa shape index (κ3) is 7.06. The number of amides is 1. The molecule has 5 rings (SSSR count). The van der Waals surface area contributed by atoms with Crippen LogP contribution in [0.4, 0.5) is 35.1 Å². The van der Waals surface area contributed by atoms with Crippen LogP contribution >= 0.6 is 0 Å². The molecule has 1 aliphatic rings. The second kappa shape index (κ2) is 11.6. The SMILES string of the molecule is CC(C)Nc1ncnc(-c2ccc3nc(Nc4cc(CN5CCN(C(=O)CC(F)(F)F)CC5)ccn4)[nH]c3c2)c1F. The molecular weight excluding hydrogens is 542 g/mol. The molecule has 1 aliphatic heterocycles. The van der Waals surface area contributed by atoms with Crippen LogP contribution in [0.2, 0.25) is 0 Å². The second-order valence-corrected chi connectivity index (χ2v) is 10.1. The minimum atomic E-state index is -4.50. The molecule has 1 amide bonds. The number of hydrogen-bond donors (Lipinski definition) is 3. The number of aromatic nitrogens is 5. The van der Waals surface area contributed by atoms with Crippen molar-refractivity contribution in [1.82, 2.24) is 34.7 Å². The number of anilines is 3. The maximum absolute atomic E-state index is 15.0. The zero-order valence-corrected chi connectivity index (χ0v) is 22.5. The highest BCUT2D eigenvalue weighted by Crippen LogP contribution is 2.28. The molecule has 4 heterocycles. The van der Waals surface area contributed by atoms with Crippen molar-refractivity contribution in [3.8, 4) is 11.3 Å². The van der Waals surface area contributed by atoms with Gasteiger partial charge in [0.2, 0.25) is 11.9 Å². The van der Waals surface area contributed by atoms with Crippen molar-refractivity contribution in [2.75, 3.05) is 36.8 Å². The van der Waals surface area contributed by atoms with Gasteiger partial charge in [-0.05, 0) is 43.7 Å². The van der Waals surface area contributed by atoms with Crippen LogP contribution in [0.3, 0.4) is 0 Å². The van der Waals surface area contributed by atoms with Gasteiger partial charge < -0.3 is 20.5 Å². The fourth-order valence-electron chi connectivity index (χ4n) is 4.62. The summed E-state index contributed by atoms with van der Waals surface area (Å²) in [4.78, 5) is 35.4. The van der Waals surface area contributed by atoms with Crippen molar-refractivity contribution in [3.63, 3.8) is 0 Å². The second-order valence-electron chi connectivity index (χ2n) is 10.1. The Kier molecular flexibility index (Phi) is 8.01. The Hall–Kier alpha value is -4.33. The van der Waals surface area contributed by atoms with E-state index in [0.717, 1.165) is 5.56 Å². The number of alkyl halides is 3. The zero-order chi connectivity index (χ0) is 29.1. The number of piperazine rings is 1. The number of rotatable bonds is 8. The molecule has 216 valence electrons. The molecule has 1 fully saturated rings. The molecule has 0 radical (unpaired) electrons. The molecule has 3 aromatic heterocycles. The van der Waals surface area contributed by atoms with Crippen molar-refractivity contribution in [3.05, 3.63) is 54.2 Å². The first kappa shape index (κ1) is 28.2. The minimum Gasteiger partial charge on any atom is -0.365 e. The molecule has 0 saturated carbocycles. The topological polar surface area (TPSA) is 115 Å². The summed E-state index contributed by atoms with van der Waals surface area (Å²) in [6, 6.07) is 9.01. The van der Waals surface area contributed by atoms with Crippen LogP contribution in [-0.2, 0) is 11.3 Å². The number of imidazole rings is 1. The van der Waals surface area contributed by atoms with Gasteiger partial charge in [0.1, 0.15) is 24.3 Å². The Balaban J connectivity index is 1.23. The van der Waals surface area contributed by atoms with Gasteiger partial charge in [0.05, 0.1) is 11.0 Å². The van der Waals surface area contributed by atoms with Crippen LogP contribution in [-0.4, -0.2) is 79.0 Å². The average molecular weight is 572 g/mol. The van der Waals surface area contributed by atoms with Crippen molar-refractivity contribution in [2.24, 2.45) is 0 Å². The van der Waals surface area contributed by atoms with E-state index in [-0.39, 0.29) is 30.6 Å². The van der Waals surface area contributed by atoms with Gasteiger partial charge in [0, 0.05) is 50.5 Å². The van der Waals surface area contributed by atoms with E-state index in [0.29, 0.717) is 48.0 Å². The molecule has 14 heteroatoms.